The molecule has 13 rings (SSSR count). The summed E-state index contributed by atoms with van der Waals surface area (Å²) in [4.78, 5) is 27.2. The summed E-state index contributed by atoms with van der Waals surface area (Å²) in [7, 11) is 2.14. The van der Waals surface area contributed by atoms with Crippen molar-refractivity contribution in [3.8, 4) is 23.0 Å². The van der Waals surface area contributed by atoms with E-state index in [0.29, 0.717) is 30.5 Å². The van der Waals surface area contributed by atoms with E-state index in [-0.39, 0.29) is 6.67 Å². The topological polar surface area (TPSA) is 70.2 Å². The van der Waals surface area contributed by atoms with E-state index in [4.69, 9.17) is 23.6 Å². The second-order valence-electron chi connectivity index (χ2n) is 19.5. The molecule has 4 aliphatic heterocycles. The monoisotopic (exact) mass is 975 g/mol. The van der Waals surface area contributed by atoms with Crippen LogP contribution in [0.1, 0.15) is 26.4 Å². The van der Waals surface area contributed by atoms with E-state index in [1.165, 1.54) is 27.4 Å². The lowest BCUT2D eigenvalue weighted by atomic mass is 10.1. The molecule has 12 heteroatoms. The molecule has 9 aromatic rings. The van der Waals surface area contributed by atoms with Crippen LogP contribution in [0.3, 0.4) is 0 Å². The molecule has 0 spiro atoms. The van der Waals surface area contributed by atoms with Gasteiger partial charge in [0.15, 0.2) is 11.6 Å². The summed E-state index contributed by atoms with van der Waals surface area (Å²) in [6, 6.07) is 57.8. The van der Waals surface area contributed by atoms with Gasteiger partial charge in [0.25, 0.3) is 0 Å². The van der Waals surface area contributed by atoms with E-state index in [0.717, 1.165) is 92.1 Å². The molecule has 0 N–H and O–H groups in total. The van der Waals surface area contributed by atoms with Gasteiger partial charge in [0.1, 0.15) is 36.3 Å². The predicted octanol–water partition coefficient (Wildman–Crippen LogP) is 14.9. The predicted molar refractivity (Wildman–Crippen MR) is 302 cm³/mol. The van der Waals surface area contributed by atoms with Gasteiger partial charge in [-0.15, -0.1) is 0 Å². The maximum Gasteiger partial charge on any atom is 0.153 e. The molecule has 1 aromatic heterocycles. The average molecular weight is 976 g/mol. The highest BCUT2D eigenvalue weighted by atomic mass is 16.5. The van der Waals surface area contributed by atoms with Gasteiger partial charge in [-0.1, -0.05) is 48.5 Å². The van der Waals surface area contributed by atoms with Gasteiger partial charge in [-0.05, 0) is 147 Å². The molecule has 0 fully saturated rings. The van der Waals surface area contributed by atoms with Gasteiger partial charge in [0.2, 0.25) is 0 Å². The van der Waals surface area contributed by atoms with Crippen molar-refractivity contribution in [3.05, 3.63) is 205 Å². The number of benzene rings is 8. The lowest BCUT2D eigenvalue weighted by Crippen LogP contribution is -2.26. The standard InChI is InChI=1S/C62H56N10O2/c1-41-27-57-59(29-43(41)3)67(37-65(57)5)45-15-11-19-49(31-45)73-51-21-13-17-47(33-51)69-39-71(55-25-9-7-23-53(55)69)61-35-64-62(36-63-61)72-40-70(54-24-8-10-26-56(54)72)48-18-14-22-52(34-48)74-50-20-12-16-46(32-50)68-38-66(6)58-28-42(2)44(4)30-60(58)68/h7-36H,37-40H2,1-6H3/i5D3. The lowest BCUT2D eigenvalue weighted by Gasteiger charge is -2.23. The van der Waals surface area contributed by atoms with Gasteiger partial charge >= 0.3 is 0 Å². The summed E-state index contributed by atoms with van der Waals surface area (Å²) in [6.45, 7) is 8.11. The van der Waals surface area contributed by atoms with Crippen molar-refractivity contribution in [2.45, 2.75) is 27.7 Å². The normalized spacial score (nSPS) is 15.2. The Labute approximate surface area is 436 Å². The molecule has 0 amide bonds. The van der Waals surface area contributed by atoms with Gasteiger partial charge in [0, 0.05) is 65.2 Å². The minimum atomic E-state index is -2.29. The number of nitrogens with zero attached hydrogens (tertiary/aromatic N) is 10. The smallest absolute Gasteiger partial charge is 0.153 e. The fourth-order valence-electron chi connectivity index (χ4n) is 10.6. The summed E-state index contributed by atoms with van der Waals surface area (Å²) in [5.74, 6) is 4.29. The molecule has 74 heavy (non-hydrogen) atoms. The quantitative estimate of drug-likeness (QED) is 0.131. The molecule has 0 bridgehead atoms. The first-order valence-corrected chi connectivity index (χ1v) is 24.9. The summed E-state index contributed by atoms with van der Waals surface area (Å²) in [6.07, 6.45) is 3.72. The van der Waals surface area contributed by atoms with Crippen LogP contribution in [0.5, 0.6) is 23.0 Å². The largest absolute Gasteiger partial charge is 0.457 e. The van der Waals surface area contributed by atoms with E-state index < -0.39 is 6.98 Å². The second kappa shape index (κ2) is 17.9. The third kappa shape index (κ3) is 7.86. The van der Waals surface area contributed by atoms with Crippen LogP contribution in [-0.2, 0) is 0 Å². The number of para-hydroxylation sites is 4. The molecule has 366 valence electrons. The first-order valence-electron chi connectivity index (χ1n) is 26.4. The summed E-state index contributed by atoms with van der Waals surface area (Å²) >= 11 is 0. The first-order chi connectivity index (χ1) is 37.3. The number of hydrogen-bond acceptors (Lipinski definition) is 12. The zero-order chi connectivity index (χ0) is 52.7. The highest BCUT2D eigenvalue weighted by Gasteiger charge is 2.33. The zero-order valence-corrected chi connectivity index (χ0v) is 41.9. The van der Waals surface area contributed by atoms with Crippen LogP contribution >= 0.6 is 0 Å². The van der Waals surface area contributed by atoms with Gasteiger partial charge in [-0.3, -0.25) is 0 Å². The van der Waals surface area contributed by atoms with E-state index in [9.17, 15) is 0 Å². The number of aryl methyl sites for hydroxylation is 4. The molecule has 0 saturated heterocycles. The van der Waals surface area contributed by atoms with Gasteiger partial charge in [-0.25, -0.2) is 9.97 Å². The molecule has 12 nitrogen and oxygen atoms in total. The number of aromatic nitrogens is 2. The number of anilines is 14. The maximum absolute atomic E-state index is 8.27. The SMILES string of the molecule is [2H]C([2H])([2H])N1CN(c2cccc(Oc3cccc(N4CN(c5cnc(N6CN(c7cccc(Oc8cccc(N9CN(C)c%10cc(C)c(C)cc%109)c8)c7)c7ccccc76)cn5)c5ccccc54)c3)c2)c2cc(C)c(C)cc21. The van der Waals surface area contributed by atoms with Crippen LogP contribution in [0.4, 0.5) is 79.9 Å². The van der Waals surface area contributed by atoms with Crippen molar-refractivity contribution in [1.29, 1.82) is 0 Å². The Morgan fingerprint density at radius 3 is 1.04 bits per heavy atom. The van der Waals surface area contributed by atoms with Crippen molar-refractivity contribution in [2.24, 2.45) is 0 Å². The molecular formula is C62H56N10O2. The van der Waals surface area contributed by atoms with Crippen LogP contribution in [0, 0.1) is 27.7 Å². The highest BCUT2D eigenvalue weighted by Crippen LogP contribution is 2.48. The molecule has 5 heterocycles. The molecule has 0 unspecified atom stereocenters. The Morgan fingerprint density at radius 1 is 0.351 bits per heavy atom. The number of rotatable bonds is 10. The van der Waals surface area contributed by atoms with Crippen LogP contribution in [0.15, 0.2) is 182 Å². The number of hydrogen-bond donors (Lipinski definition) is 0. The fourth-order valence-corrected chi connectivity index (χ4v) is 10.6. The van der Waals surface area contributed by atoms with Crippen molar-refractivity contribution in [1.82, 2.24) is 9.97 Å². The highest BCUT2D eigenvalue weighted by molar-refractivity contribution is 5.89. The Morgan fingerprint density at radius 2 is 0.676 bits per heavy atom. The Balaban J connectivity index is 0.711. The lowest BCUT2D eigenvalue weighted by molar-refractivity contribution is 0.482. The molecule has 0 radical (unpaired) electrons. The van der Waals surface area contributed by atoms with E-state index >= 15 is 0 Å². The first kappa shape index (κ1) is 41.5. The number of ether oxygens (including phenoxy) is 2. The van der Waals surface area contributed by atoms with Crippen molar-refractivity contribution < 1.29 is 13.6 Å². The molecule has 0 aliphatic carbocycles. The zero-order valence-electron chi connectivity index (χ0n) is 44.9. The molecule has 0 atom stereocenters. The fraction of sp³-hybridized carbons (Fsp3) is 0.161. The average Bonchev–Trinajstić information content (AvgIpc) is 4.25. The maximum atomic E-state index is 8.27. The summed E-state index contributed by atoms with van der Waals surface area (Å²) < 4.78 is 38.0. The van der Waals surface area contributed by atoms with Gasteiger partial charge in [-0.2, -0.15) is 0 Å². The Bertz CT molecular complexity index is 3760. The van der Waals surface area contributed by atoms with Crippen LogP contribution in [0.25, 0.3) is 0 Å². The Hall–Kier alpha value is -9.16. The third-order valence-electron chi connectivity index (χ3n) is 14.8. The van der Waals surface area contributed by atoms with Gasteiger partial charge < -0.3 is 48.7 Å². The summed E-state index contributed by atoms with van der Waals surface area (Å²) in [5, 5.41) is 0. The molecule has 4 aliphatic rings. The van der Waals surface area contributed by atoms with E-state index in [1.807, 2.05) is 103 Å². The van der Waals surface area contributed by atoms with Crippen LogP contribution in [0.2, 0.25) is 0 Å². The van der Waals surface area contributed by atoms with E-state index in [2.05, 4.69) is 148 Å². The van der Waals surface area contributed by atoms with Crippen molar-refractivity contribution in [3.63, 3.8) is 0 Å². The number of fused-ring (bicyclic) bond motifs is 4. The van der Waals surface area contributed by atoms with Crippen LogP contribution in [-0.4, -0.2) is 50.7 Å². The van der Waals surface area contributed by atoms with E-state index in [1.54, 1.807) is 0 Å². The van der Waals surface area contributed by atoms with Crippen molar-refractivity contribution >= 4 is 79.9 Å². The van der Waals surface area contributed by atoms with Gasteiger partial charge in [0.05, 0.1) is 71.2 Å². The molecule has 0 saturated carbocycles. The third-order valence-corrected chi connectivity index (χ3v) is 14.8. The molecular weight excluding hydrogens is 917 g/mol. The summed E-state index contributed by atoms with van der Waals surface area (Å²) in [5.41, 5.74) is 16.7. The van der Waals surface area contributed by atoms with Crippen molar-refractivity contribution in [2.75, 3.05) is 79.9 Å². The minimum absolute atomic E-state index is 0.202. The second-order valence-corrected chi connectivity index (χ2v) is 19.5. The van der Waals surface area contributed by atoms with Crippen LogP contribution < -0.4 is 48.7 Å². The Kier molecular flexibility index (Phi) is 10.00. The minimum Gasteiger partial charge on any atom is -0.457 e. The molecule has 8 aromatic carbocycles.